The Balaban J connectivity index is 1.68. The molecule has 1 aromatic rings. The predicted octanol–water partition coefficient (Wildman–Crippen LogP) is 3.62. The van der Waals surface area contributed by atoms with Crippen molar-refractivity contribution in [1.29, 1.82) is 0 Å². The number of hydrogen-bond acceptors (Lipinski definition) is 3. The van der Waals surface area contributed by atoms with E-state index >= 15 is 0 Å². The second kappa shape index (κ2) is 7.66. The Labute approximate surface area is 158 Å². The van der Waals surface area contributed by atoms with Crippen LogP contribution in [0, 0.1) is 6.92 Å². The summed E-state index contributed by atoms with van der Waals surface area (Å²) in [6.07, 6.45) is 6.39. The maximum Gasteiger partial charge on any atom is 0.325 e. The minimum absolute atomic E-state index is 0.283. The smallest absolute Gasteiger partial charge is 0.323 e. The Morgan fingerprint density at radius 2 is 1.85 bits per heavy atom. The first-order valence-electron chi connectivity index (χ1n) is 9.11. The highest BCUT2D eigenvalue weighted by Gasteiger charge is 2.50. The van der Waals surface area contributed by atoms with E-state index in [1.807, 2.05) is 13.0 Å². The van der Waals surface area contributed by atoms with Gasteiger partial charge in [0.2, 0.25) is 5.91 Å². The number of amides is 4. The van der Waals surface area contributed by atoms with E-state index in [2.05, 4.69) is 10.6 Å². The lowest BCUT2D eigenvalue weighted by Crippen LogP contribution is -2.47. The number of imide groups is 1. The Bertz CT molecular complexity index is 727. The van der Waals surface area contributed by atoms with Gasteiger partial charge in [0.25, 0.3) is 5.91 Å². The molecule has 6 nitrogen and oxygen atoms in total. The fraction of sp³-hybridized carbons (Fsp3) is 0.526. The number of halogens is 1. The topological polar surface area (TPSA) is 78.5 Å². The van der Waals surface area contributed by atoms with Crippen molar-refractivity contribution >= 4 is 35.1 Å². The molecule has 0 atom stereocenters. The summed E-state index contributed by atoms with van der Waals surface area (Å²) in [7, 11) is 0. The SMILES string of the molecule is Cc1ccc(NC(=O)CN2C(=O)NC3(CCCCCCC3)C2=O)c(Cl)c1. The van der Waals surface area contributed by atoms with Gasteiger partial charge in [-0.05, 0) is 37.5 Å². The van der Waals surface area contributed by atoms with Crippen LogP contribution in [0.1, 0.15) is 50.5 Å². The number of benzene rings is 1. The van der Waals surface area contributed by atoms with Gasteiger partial charge < -0.3 is 10.6 Å². The van der Waals surface area contributed by atoms with Gasteiger partial charge >= 0.3 is 6.03 Å². The van der Waals surface area contributed by atoms with Crippen LogP contribution >= 0.6 is 11.6 Å². The van der Waals surface area contributed by atoms with E-state index in [1.54, 1.807) is 12.1 Å². The van der Waals surface area contributed by atoms with Crippen LogP contribution in [0.25, 0.3) is 0 Å². The quantitative estimate of drug-likeness (QED) is 0.789. The molecular weight excluding hydrogens is 354 g/mol. The molecule has 0 radical (unpaired) electrons. The van der Waals surface area contributed by atoms with Crippen LogP contribution in [0.5, 0.6) is 0 Å². The van der Waals surface area contributed by atoms with E-state index in [0.717, 1.165) is 36.1 Å². The lowest BCUT2D eigenvalue weighted by Gasteiger charge is -2.28. The van der Waals surface area contributed by atoms with Crippen LogP contribution in [0.2, 0.25) is 5.02 Å². The zero-order chi connectivity index (χ0) is 18.7. The summed E-state index contributed by atoms with van der Waals surface area (Å²) < 4.78 is 0. The Kier molecular flexibility index (Phi) is 5.51. The van der Waals surface area contributed by atoms with Crippen molar-refractivity contribution in [3.05, 3.63) is 28.8 Å². The number of urea groups is 1. The summed E-state index contributed by atoms with van der Waals surface area (Å²) in [4.78, 5) is 38.6. The zero-order valence-electron chi connectivity index (χ0n) is 14.9. The second-order valence-corrected chi connectivity index (χ2v) is 7.61. The number of carbonyl (C=O) groups is 3. The number of aryl methyl sites for hydroxylation is 1. The summed E-state index contributed by atoms with van der Waals surface area (Å²) in [5, 5.41) is 5.95. The molecule has 1 aliphatic heterocycles. The molecule has 0 aromatic heterocycles. The molecule has 3 rings (SSSR count). The van der Waals surface area contributed by atoms with E-state index in [4.69, 9.17) is 11.6 Å². The van der Waals surface area contributed by atoms with E-state index < -0.39 is 17.5 Å². The number of carbonyl (C=O) groups excluding carboxylic acids is 3. The maximum atomic E-state index is 12.9. The van der Waals surface area contributed by atoms with Gasteiger partial charge in [0.05, 0.1) is 10.7 Å². The molecule has 2 N–H and O–H groups in total. The van der Waals surface area contributed by atoms with Crippen LogP contribution in [0.15, 0.2) is 18.2 Å². The van der Waals surface area contributed by atoms with Crippen molar-refractivity contribution in [3.8, 4) is 0 Å². The number of nitrogens with one attached hydrogen (secondary N) is 2. The molecule has 1 heterocycles. The number of rotatable bonds is 3. The van der Waals surface area contributed by atoms with Crippen LogP contribution in [0.3, 0.4) is 0 Å². The minimum atomic E-state index is -0.834. The summed E-state index contributed by atoms with van der Waals surface area (Å²) in [6.45, 7) is 1.59. The van der Waals surface area contributed by atoms with Gasteiger partial charge in [-0.3, -0.25) is 14.5 Å². The highest BCUT2D eigenvalue weighted by atomic mass is 35.5. The van der Waals surface area contributed by atoms with Crippen molar-refractivity contribution in [1.82, 2.24) is 10.2 Å². The van der Waals surface area contributed by atoms with Crippen LogP contribution in [-0.4, -0.2) is 34.8 Å². The van der Waals surface area contributed by atoms with Crippen LogP contribution < -0.4 is 10.6 Å². The summed E-state index contributed by atoms with van der Waals surface area (Å²) in [6, 6.07) is 4.80. The lowest BCUT2D eigenvalue weighted by atomic mass is 9.84. The van der Waals surface area contributed by atoms with Crippen molar-refractivity contribution in [2.75, 3.05) is 11.9 Å². The average molecular weight is 378 g/mol. The van der Waals surface area contributed by atoms with Gasteiger partial charge in [0.1, 0.15) is 12.1 Å². The van der Waals surface area contributed by atoms with Crippen molar-refractivity contribution in [3.63, 3.8) is 0 Å². The van der Waals surface area contributed by atoms with Gasteiger partial charge in [-0.2, -0.15) is 0 Å². The Morgan fingerprint density at radius 3 is 2.50 bits per heavy atom. The van der Waals surface area contributed by atoms with Gasteiger partial charge in [-0.25, -0.2) is 4.79 Å². The van der Waals surface area contributed by atoms with E-state index in [9.17, 15) is 14.4 Å². The minimum Gasteiger partial charge on any atom is -0.323 e. The number of anilines is 1. The zero-order valence-corrected chi connectivity index (χ0v) is 15.7. The first-order chi connectivity index (χ1) is 12.4. The van der Waals surface area contributed by atoms with Crippen LogP contribution in [0.4, 0.5) is 10.5 Å². The first kappa shape index (κ1) is 18.7. The highest BCUT2D eigenvalue weighted by Crippen LogP contribution is 2.32. The fourth-order valence-electron chi connectivity index (χ4n) is 3.72. The van der Waals surface area contributed by atoms with Crippen molar-refractivity contribution in [2.24, 2.45) is 0 Å². The molecule has 26 heavy (non-hydrogen) atoms. The summed E-state index contributed by atoms with van der Waals surface area (Å²) >= 11 is 6.12. The Hall–Kier alpha value is -2.08. The molecule has 1 saturated carbocycles. The number of hydrogen-bond donors (Lipinski definition) is 2. The van der Waals surface area contributed by atoms with Gasteiger partial charge in [0.15, 0.2) is 0 Å². The van der Waals surface area contributed by atoms with Crippen molar-refractivity contribution < 1.29 is 14.4 Å². The molecule has 0 bridgehead atoms. The molecule has 7 heteroatoms. The van der Waals surface area contributed by atoms with Gasteiger partial charge in [0, 0.05) is 0 Å². The van der Waals surface area contributed by atoms with E-state index in [-0.39, 0.29) is 12.5 Å². The molecule has 2 fully saturated rings. The predicted molar refractivity (Wildman–Crippen MR) is 100 cm³/mol. The molecule has 1 spiro atoms. The molecule has 4 amide bonds. The number of nitrogens with zero attached hydrogens (tertiary/aromatic N) is 1. The van der Waals surface area contributed by atoms with Gasteiger partial charge in [-0.15, -0.1) is 0 Å². The second-order valence-electron chi connectivity index (χ2n) is 7.20. The summed E-state index contributed by atoms with van der Waals surface area (Å²) in [5.41, 5.74) is 0.613. The highest BCUT2D eigenvalue weighted by molar-refractivity contribution is 6.33. The van der Waals surface area contributed by atoms with Gasteiger partial charge in [-0.1, -0.05) is 49.8 Å². The van der Waals surface area contributed by atoms with Crippen molar-refractivity contribution in [2.45, 2.75) is 57.4 Å². The molecule has 1 aliphatic carbocycles. The molecule has 2 aliphatic rings. The molecule has 0 unspecified atom stereocenters. The molecule has 140 valence electrons. The largest absolute Gasteiger partial charge is 0.325 e. The monoisotopic (exact) mass is 377 g/mol. The maximum absolute atomic E-state index is 12.9. The van der Waals surface area contributed by atoms with E-state index in [1.165, 1.54) is 6.42 Å². The standard InChI is InChI=1S/C19H24ClN3O3/c1-13-7-8-15(14(20)11-13)21-16(24)12-23-17(25)19(22-18(23)26)9-5-3-2-4-6-10-19/h7-8,11H,2-6,9-10,12H2,1H3,(H,21,24)(H,22,26). The summed E-state index contributed by atoms with van der Waals surface area (Å²) in [5.74, 6) is -0.725. The molecule has 1 aromatic carbocycles. The average Bonchev–Trinajstić information content (AvgIpc) is 2.79. The molecular formula is C19H24ClN3O3. The van der Waals surface area contributed by atoms with E-state index in [0.29, 0.717) is 23.6 Å². The Morgan fingerprint density at radius 1 is 1.19 bits per heavy atom. The third-order valence-electron chi connectivity index (χ3n) is 5.15. The molecule has 1 saturated heterocycles. The normalized spacial score (nSPS) is 19.8. The fourth-order valence-corrected chi connectivity index (χ4v) is 4.00. The third kappa shape index (κ3) is 3.85. The third-order valence-corrected chi connectivity index (χ3v) is 5.47. The first-order valence-corrected chi connectivity index (χ1v) is 9.49. The lowest BCUT2D eigenvalue weighted by molar-refractivity contribution is -0.134. The van der Waals surface area contributed by atoms with Crippen LogP contribution in [-0.2, 0) is 9.59 Å².